The van der Waals surface area contributed by atoms with Gasteiger partial charge in [-0.15, -0.1) is 0 Å². The molecule has 0 saturated carbocycles. The number of aliphatic hydroxyl groups is 1. The first kappa shape index (κ1) is 17.2. The highest BCUT2D eigenvalue weighted by molar-refractivity contribution is 5.74. The van der Waals surface area contributed by atoms with Crippen LogP contribution in [-0.4, -0.2) is 54.4 Å². The molecule has 0 aromatic carbocycles. The lowest BCUT2D eigenvalue weighted by molar-refractivity contribution is 0.145. The zero-order valence-corrected chi connectivity index (χ0v) is 13.2. The molecular formula is C15H31N3O2. The molecule has 0 spiro atoms. The molecular weight excluding hydrogens is 254 g/mol. The number of piperidine rings is 1. The topological polar surface area (TPSA) is 64.6 Å². The lowest BCUT2D eigenvalue weighted by atomic mass is 9.98. The summed E-state index contributed by atoms with van der Waals surface area (Å²) in [6, 6.07) is 0.391. The van der Waals surface area contributed by atoms with Gasteiger partial charge >= 0.3 is 6.03 Å². The molecule has 5 nitrogen and oxygen atoms in total. The average Bonchev–Trinajstić information content (AvgIpc) is 2.43. The van der Waals surface area contributed by atoms with Gasteiger partial charge < -0.3 is 15.7 Å². The van der Waals surface area contributed by atoms with E-state index in [1.807, 2.05) is 6.92 Å². The average molecular weight is 285 g/mol. The molecule has 0 radical (unpaired) electrons. The number of carbonyl (C=O) groups is 1. The number of carbonyl (C=O) groups excluding carboxylic acids is 1. The number of hydrogen-bond acceptors (Lipinski definition) is 3. The molecule has 1 heterocycles. The van der Waals surface area contributed by atoms with E-state index in [1.54, 1.807) is 0 Å². The van der Waals surface area contributed by atoms with Crippen molar-refractivity contribution in [1.29, 1.82) is 0 Å². The van der Waals surface area contributed by atoms with Crippen LogP contribution in [0.2, 0.25) is 0 Å². The van der Waals surface area contributed by atoms with Crippen molar-refractivity contribution in [2.75, 3.05) is 26.2 Å². The first-order valence-electron chi connectivity index (χ1n) is 7.92. The molecule has 20 heavy (non-hydrogen) atoms. The summed E-state index contributed by atoms with van der Waals surface area (Å²) in [4.78, 5) is 14.2. The monoisotopic (exact) mass is 285 g/mol. The molecule has 1 fully saturated rings. The van der Waals surface area contributed by atoms with E-state index < -0.39 is 0 Å². The minimum Gasteiger partial charge on any atom is -0.396 e. The minimum absolute atomic E-state index is 0.104. The van der Waals surface area contributed by atoms with Crippen molar-refractivity contribution in [3.63, 3.8) is 0 Å². The predicted octanol–water partition coefficient (Wildman–Crippen LogP) is 1.57. The van der Waals surface area contributed by atoms with Gasteiger partial charge in [0.25, 0.3) is 0 Å². The van der Waals surface area contributed by atoms with Crippen molar-refractivity contribution < 1.29 is 9.90 Å². The Balaban J connectivity index is 2.16. The Kier molecular flexibility index (Phi) is 7.92. The van der Waals surface area contributed by atoms with Crippen molar-refractivity contribution in [1.82, 2.24) is 15.5 Å². The molecule has 1 rings (SSSR count). The van der Waals surface area contributed by atoms with E-state index in [-0.39, 0.29) is 18.7 Å². The zero-order chi connectivity index (χ0) is 15.0. The van der Waals surface area contributed by atoms with E-state index in [9.17, 15) is 4.79 Å². The van der Waals surface area contributed by atoms with Crippen LogP contribution in [0.3, 0.4) is 0 Å². The molecule has 1 aliphatic rings. The number of amides is 2. The fourth-order valence-electron chi connectivity index (χ4n) is 2.58. The molecule has 0 aliphatic carbocycles. The molecule has 1 aliphatic heterocycles. The van der Waals surface area contributed by atoms with Crippen LogP contribution in [0.5, 0.6) is 0 Å². The van der Waals surface area contributed by atoms with Crippen LogP contribution in [-0.2, 0) is 0 Å². The van der Waals surface area contributed by atoms with Crippen LogP contribution < -0.4 is 10.6 Å². The second-order valence-corrected chi connectivity index (χ2v) is 6.19. The van der Waals surface area contributed by atoms with E-state index in [4.69, 9.17) is 5.11 Å². The summed E-state index contributed by atoms with van der Waals surface area (Å²) in [6.07, 6.45) is 4.05. The van der Waals surface area contributed by atoms with Gasteiger partial charge in [-0.3, -0.25) is 4.90 Å². The van der Waals surface area contributed by atoms with Crippen molar-refractivity contribution in [2.45, 2.75) is 58.5 Å². The third-order valence-corrected chi connectivity index (χ3v) is 4.17. The maximum Gasteiger partial charge on any atom is 0.315 e. The van der Waals surface area contributed by atoms with E-state index in [2.05, 4.69) is 29.4 Å². The van der Waals surface area contributed by atoms with Crippen molar-refractivity contribution in [2.24, 2.45) is 5.92 Å². The van der Waals surface area contributed by atoms with Crippen LogP contribution in [0, 0.1) is 5.92 Å². The third-order valence-electron chi connectivity index (χ3n) is 4.17. The van der Waals surface area contributed by atoms with Gasteiger partial charge in [0, 0.05) is 25.2 Å². The predicted molar refractivity (Wildman–Crippen MR) is 81.7 cm³/mol. The Morgan fingerprint density at radius 3 is 2.60 bits per heavy atom. The highest BCUT2D eigenvalue weighted by Crippen LogP contribution is 2.17. The molecule has 5 heteroatoms. The van der Waals surface area contributed by atoms with Crippen LogP contribution in [0.15, 0.2) is 0 Å². The molecule has 3 N–H and O–H groups in total. The molecule has 2 unspecified atom stereocenters. The molecule has 2 atom stereocenters. The summed E-state index contributed by atoms with van der Waals surface area (Å²) in [5.41, 5.74) is 0. The summed E-state index contributed by atoms with van der Waals surface area (Å²) in [5.74, 6) is 0.835. The second-order valence-electron chi connectivity index (χ2n) is 6.19. The SMILES string of the molecule is CC1CCN(C(C)CNC(=O)NC(C)CCCO)CC1. The van der Waals surface area contributed by atoms with Crippen LogP contribution in [0.25, 0.3) is 0 Å². The zero-order valence-electron chi connectivity index (χ0n) is 13.2. The van der Waals surface area contributed by atoms with Crippen molar-refractivity contribution in [3.05, 3.63) is 0 Å². The molecule has 2 amide bonds. The van der Waals surface area contributed by atoms with Gasteiger partial charge in [0.1, 0.15) is 0 Å². The summed E-state index contributed by atoms with van der Waals surface area (Å²) in [6.45, 7) is 9.58. The Morgan fingerprint density at radius 1 is 1.35 bits per heavy atom. The highest BCUT2D eigenvalue weighted by Gasteiger charge is 2.20. The van der Waals surface area contributed by atoms with Gasteiger partial charge in [-0.25, -0.2) is 4.79 Å². The number of nitrogens with zero attached hydrogens (tertiary/aromatic N) is 1. The quantitative estimate of drug-likeness (QED) is 0.665. The maximum absolute atomic E-state index is 11.8. The highest BCUT2D eigenvalue weighted by atomic mass is 16.3. The first-order chi connectivity index (χ1) is 9.52. The Bertz CT molecular complexity index is 278. The second kappa shape index (κ2) is 9.19. The summed E-state index contributed by atoms with van der Waals surface area (Å²) < 4.78 is 0. The number of nitrogens with one attached hydrogen (secondary N) is 2. The molecule has 118 valence electrons. The van der Waals surface area contributed by atoms with Crippen LogP contribution in [0.4, 0.5) is 4.79 Å². The fraction of sp³-hybridized carbons (Fsp3) is 0.933. The molecule has 0 aromatic heterocycles. The van der Waals surface area contributed by atoms with Gasteiger partial charge in [-0.2, -0.15) is 0 Å². The number of likely N-dealkylation sites (tertiary alicyclic amines) is 1. The molecule has 0 aromatic rings. The van der Waals surface area contributed by atoms with E-state index >= 15 is 0 Å². The van der Waals surface area contributed by atoms with Gasteiger partial charge in [-0.05, 0) is 58.5 Å². The van der Waals surface area contributed by atoms with Gasteiger partial charge in [0.2, 0.25) is 0 Å². The smallest absolute Gasteiger partial charge is 0.315 e. The number of urea groups is 1. The Morgan fingerprint density at radius 2 is 2.00 bits per heavy atom. The number of rotatable bonds is 7. The van der Waals surface area contributed by atoms with E-state index in [0.29, 0.717) is 12.6 Å². The maximum atomic E-state index is 11.8. The number of hydrogen-bond donors (Lipinski definition) is 3. The number of aliphatic hydroxyl groups excluding tert-OH is 1. The van der Waals surface area contributed by atoms with E-state index in [1.165, 1.54) is 12.8 Å². The summed E-state index contributed by atoms with van der Waals surface area (Å²) in [7, 11) is 0. The lowest BCUT2D eigenvalue weighted by Gasteiger charge is -2.35. The minimum atomic E-state index is -0.104. The molecule has 1 saturated heterocycles. The van der Waals surface area contributed by atoms with Crippen molar-refractivity contribution in [3.8, 4) is 0 Å². The first-order valence-corrected chi connectivity index (χ1v) is 7.92. The standard InChI is InChI=1S/C15H31N3O2/c1-12-6-8-18(9-7-12)14(3)11-16-15(20)17-13(2)5-4-10-19/h12-14,19H,4-11H2,1-3H3,(H2,16,17,20). The Labute approximate surface area is 123 Å². The summed E-state index contributed by atoms with van der Waals surface area (Å²) in [5, 5.41) is 14.6. The largest absolute Gasteiger partial charge is 0.396 e. The lowest BCUT2D eigenvalue weighted by Crippen LogP contribution is -2.48. The normalized spacial score (nSPS) is 20.4. The summed E-state index contributed by atoms with van der Waals surface area (Å²) >= 11 is 0. The van der Waals surface area contributed by atoms with Gasteiger partial charge in [0.15, 0.2) is 0 Å². The van der Waals surface area contributed by atoms with Crippen LogP contribution >= 0.6 is 0 Å². The van der Waals surface area contributed by atoms with Gasteiger partial charge in [0.05, 0.1) is 0 Å². The third kappa shape index (κ3) is 6.57. The van der Waals surface area contributed by atoms with Crippen LogP contribution in [0.1, 0.15) is 46.5 Å². The fourth-order valence-corrected chi connectivity index (χ4v) is 2.58. The van der Waals surface area contributed by atoms with Crippen molar-refractivity contribution >= 4 is 6.03 Å². The molecule has 0 bridgehead atoms. The Hall–Kier alpha value is -0.810. The van der Waals surface area contributed by atoms with Gasteiger partial charge in [-0.1, -0.05) is 6.92 Å². The van der Waals surface area contributed by atoms with E-state index in [0.717, 1.165) is 31.8 Å².